The van der Waals surface area contributed by atoms with Gasteiger partial charge in [-0.3, -0.25) is 0 Å². The molecule has 0 fully saturated rings. The molecule has 1 rings (SSSR count). The molecule has 0 spiro atoms. The molecule has 0 heterocycles. The average Bonchev–Trinajstić information content (AvgIpc) is 2.38. The molecule has 0 saturated heterocycles. The Bertz CT molecular complexity index is 489. The molecule has 0 aromatic heterocycles. The van der Waals surface area contributed by atoms with Crippen LogP contribution in [0.3, 0.4) is 0 Å². The van der Waals surface area contributed by atoms with Crippen molar-refractivity contribution in [3.8, 4) is 0 Å². The first-order valence-corrected chi connectivity index (χ1v) is 9.03. The van der Waals surface area contributed by atoms with Crippen molar-refractivity contribution in [3.63, 3.8) is 0 Å². The van der Waals surface area contributed by atoms with Crippen molar-refractivity contribution in [2.45, 2.75) is 25.2 Å². The van der Waals surface area contributed by atoms with E-state index in [1.165, 1.54) is 11.8 Å². The highest BCUT2D eigenvalue weighted by molar-refractivity contribution is 8.00. The molecule has 0 aliphatic heterocycles. The van der Waals surface area contributed by atoms with Gasteiger partial charge in [0.25, 0.3) is 0 Å². The number of anilines is 1. The molecule has 1 aromatic carbocycles. The first-order chi connectivity index (χ1) is 8.94. The summed E-state index contributed by atoms with van der Waals surface area (Å²) in [7, 11) is -3.18. The highest BCUT2D eigenvalue weighted by Crippen LogP contribution is 2.24. The molecule has 0 bridgehead atoms. The van der Waals surface area contributed by atoms with Gasteiger partial charge in [-0.05, 0) is 18.1 Å². The van der Waals surface area contributed by atoms with Gasteiger partial charge in [-0.1, -0.05) is 32.4 Å². The molecule has 0 radical (unpaired) electrons. The lowest BCUT2D eigenvalue weighted by Crippen LogP contribution is -2.31. The van der Waals surface area contributed by atoms with Gasteiger partial charge in [-0.15, -0.1) is 11.8 Å². The largest absolute Gasteiger partial charge is 0.398 e. The lowest BCUT2D eigenvalue weighted by Gasteiger charge is -2.11. The van der Waals surface area contributed by atoms with Crippen molar-refractivity contribution < 1.29 is 8.42 Å². The number of benzene rings is 1. The number of para-hydroxylation sites is 1. The maximum Gasteiger partial charge on any atom is 0.212 e. The van der Waals surface area contributed by atoms with Crippen LogP contribution >= 0.6 is 11.8 Å². The van der Waals surface area contributed by atoms with E-state index >= 15 is 0 Å². The van der Waals surface area contributed by atoms with E-state index in [4.69, 9.17) is 5.73 Å². The second-order valence-electron chi connectivity index (χ2n) is 4.57. The number of thioether (sulfide) groups is 1. The topological polar surface area (TPSA) is 72.2 Å². The van der Waals surface area contributed by atoms with Crippen LogP contribution in [0.4, 0.5) is 5.69 Å². The van der Waals surface area contributed by atoms with Gasteiger partial charge in [-0.2, -0.15) is 0 Å². The molecule has 6 heteroatoms. The van der Waals surface area contributed by atoms with E-state index in [1.54, 1.807) is 0 Å². The summed E-state index contributed by atoms with van der Waals surface area (Å²) >= 11 is 1.47. The maximum absolute atomic E-state index is 11.8. The summed E-state index contributed by atoms with van der Waals surface area (Å²) in [6, 6.07) is 7.48. The highest BCUT2D eigenvalue weighted by Gasteiger charge is 2.11. The lowest BCUT2D eigenvalue weighted by atomic mass is 10.1. The Labute approximate surface area is 120 Å². The van der Waals surface area contributed by atoms with Crippen LogP contribution in [0.5, 0.6) is 0 Å². The molecule has 0 aliphatic rings. The molecule has 0 aliphatic carbocycles. The number of hydrogen-bond acceptors (Lipinski definition) is 4. The van der Waals surface area contributed by atoms with Gasteiger partial charge in [0, 0.05) is 22.9 Å². The summed E-state index contributed by atoms with van der Waals surface area (Å²) in [5, 5.41) is 0. The molecule has 0 amide bonds. The molecular formula is C13H22N2O2S2. The predicted octanol–water partition coefficient (Wildman–Crippen LogP) is 2.33. The lowest BCUT2D eigenvalue weighted by molar-refractivity contribution is 0.529. The van der Waals surface area contributed by atoms with Gasteiger partial charge in [0.1, 0.15) is 0 Å². The van der Waals surface area contributed by atoms with Crippen molar-refractivity contribution in [1.29, 1.82) is 0 Å². The third-order valence-electron chi connectivity index (χ3n) is 2.88. The Hall–Kier alpha value is -0.720. The zero-order valence-electron chi connectivity index (χ0n) is 11.4. The molecule has 1 unspecified atom stereocenters. The van der Waals surface area contributed by atoms with Crippen molar-refractivity contribution in [3.05, 3.63) is 24.3 Å². The smallest absolute Gasteiger partial charge is 0.212 e. The molecule has 108 valence electrons. The van der Waals surface area contributed by atoms with E-state index in [1.807, 2.05) is 38.1 Å². The van der Waals surface area contributed by atoms with Gasteiger partial charge in [0.05, 0.1) is 5.75 Å². The summed E-state index contributed by atoms with van der Waals surface area (Å²) in [5.41, 5.74) is 6.49. The van der Waals surface area contributed by atoms with E-state index in [0.717, 1.165) is 11.3 Å². The molecule has 4 nitrogen and oxygen atoms in total. The summed E-state index contributed by atoms with van der Waals surface area (Å²) in [6.07, 6.45) is 0.970. The van der Waals surface area contributed by atoms with Crippen LogP contribution in [0.15, 0.2) is 29.2 Å². The Morgan fingerprint density at radius 3 is 2.68 bits per heavy atom. The summed E-state index contributed by atoms with van der Waals surface area (Å²) in [4.78, 5) is 0.930. The predicted molar refractivity (Wildman–Crippen MR) is 82.8 cm³/mol. The van der Waals surface area contributed by atoms with Gasteiger partial charge >= 0.3 is 0 Å². The molecule has 1 atom stereocenters. The van der Waals surface area contributed by atoms with Gasteiger partial charge in [0.2, 0.25) is 10.0 Å². The fraction of sp³-hybridized carbons (Fsp3) is 0.538. The first-order valence-electron chi connectivity index (χ1n) is 6.39. The number of hydrogen-bond donors (Lipinski definition) is 2. The van der Waals surface area contributed by atoms with Crippen LogP contribution in [0.2, 0.25) is 0 Å². The molecule has 1 aromatic rings. The van der Waals surface area contributed by atoms with Crippen LogP contribution in [0, 0.1) is 5.92 Å². The zero-order valence-corrected chi connectivity index (χ0v) is 13.1. The minimum Gasteiger partial charge on any atom is -0.398 e. The fourth-order valence-corrected chi connectivity index (χ4v) is 3.88. The van der Waals surface area contributed by atoms with Gasteiger partial charge in [0.15, 0.2) is 0 Å². The third kappa shape index (κ3) is 6.31. The number of rotatable bonds is 8. The number of nitrogens with two attached hydrogens (primary N) is 1. The molecule has 3 N–H and O–H groups in total. The quantitative estimate of drug-likeness (QED) is 0.571. The second kappa shape index (κ2) is 7.77. The van der Waals surface area contributed by atoms with E-state index < -0.39 is 10.0 Å². The third-order valence-corrected chi connectivity index (χ3v) is 5.57. The SMILES string of the molecule is CCC(C)CNS(=O)(=O)CCSc1ccccc1N. The summed E-state index contributed by atoms with van der Waals surface area (Å²) in [6.45, 7) is 4.59. The molecular weight excluding hydrogens is 280 g/mol. The Morgan fingerprint density at radius 2 is 2.05 bits per heavy atom. The molecule has 0 saturated carbocycles. The van der Waals surface area contributed by atoms with E-state index in [0.29, 0.717) is 23.9 Å². The minimum absolute atomic E-state index is 0.114. The van der Waals surface area contributed by atoms with E-state index in [-0.39, 0.29) is 5.75 Å². The van der Waals surface area contributed by atoms with Crippen LogP contribution in [-0.2, 0) is 10.0 Å². The van der Waals surface area contributed by atoms with Gasteiger partial charge in [-0.25, -0.2) is 13.1 Å². The van der Waals surface area contributed by atoms with Crippen molar-refractivity contribution in [2.24, 2.45) is 5.92 Å². The molecule has 19 heavy (non-hydrogen) atoms. The standard InChI is InChI=1S/C13H22N2O2S2/c1-3-11(2)10-15-19(16,17)9-8-18-13-7-5-4-6-12(13)14/h4-7,11,15H,3,8-10,14H2,1-2H3. The maximum atomic E-state index is 11.8. The van der Waals surface area contributed by atoms with Crippen molar-refractivity contribution >= 4 is 27.5 Å². The van der Waals surface area contributed by atoms with Gasteiger partial charge < -0.3 is 5.73 Å². The first kappa shape index (κ1) is 16.3. The zero-order chi connectivity index (χ0) is 14.3. The number of nitrogen functional groups attached to an aromatic ring is 1. The second-order valence-corrected chi connectivity index (χ2v) is 7.63. The van der Waals surface area contributed by atoms with Crippen LogP contribution < -0.4 is 10.5 Å². The van der Waals surface area contributed by atoms with E-state index in [9.17, 15) is 8.42 Å². The Balaban J connectivity index is 2.38. The minimum atomic E-state index is -3.18. The van der Waals surface area contributed by atoms with E-state index in [2.05, 4.69) is 4.72 Å². The van der Waals surface area contributed by atoms with Crippen LogP contribution in [0.25, 0.3) is 0 Å². The Kier molecular flexibility index (Phi) is 6.68. The fourth-order valence-electron chi connectivity index (χ4n) is 1.36. The monoisotopic (exact) mass is 302 g/mol. The normalized spacial score (nSPS) is 13.4. The summed E-state index contributed by atoms with van der Waals surface area (Å²) in [5.74, 6) is 0.985. The Morgan fingerprint density at radius 1 is 1.37 bits per heavy atom. The van der Waals surface area contributed by atoms with Crippen molar-refractivity contribution in [1.82, 2.24) is 4.72 Å². The highest BCUT2D eigenvalue weighted by atomic mass is 32.2. The van der Waals surface area contributed by atoms with Crippen molar-refractivity contribution in [2.75, 3.05) is 23.8 Å². The van der Waals surface area contributed by atoms with Crippen LogP contribution in [0.1, 0.15) is 20.3 Å². The summed E-state index contributed by atoms with van der Waals surface area (Å²) < 4.78 is 26.2. The average molecular weight is 302 g/mol. The number of nitrogens with one attached hydrogen (secondary N) is 1. The van der Waals surface area contributed by atoms with Crippen LogP contribution in [-0.4, -0.2) is 26.5 Å². The number of sulfonamides is 1.